The molecule has 0 bridgehead atoms. The molecule has 3 rings (SSSR count). The van der Waals surface area contributed by atoms with Crippen LogP contribution < -0.4 is 8.92 Å². The van der Waals surface area contributed by atoms with Crippen LogP contribution in [0, 0.1) is 0 Å². The summed E-state index contributed by atoms with van der Waals surface area (Å²) in [5, 5.41) is 2.21. The molecule has 0 radical (unpaired) electrons. The van der Waals surface area contributed by atoms with E-state index in [0.717, 1.165) is 23.9 Å². The first kappa shape index (κ1) is 16.3. The van der Waals surface area contributed by atoms with E-state index in [-0.39, 0.29) is 12.2 Å². The minimum atomic E-state index is 0.269. The Morgan fingerprint density at radius 1 is 0.727 bits per heavy atom. The van der Waals surface area contributed by atoms with E-state index >= 15 is 0 Å². The van der Waals surface area contributed by atoms with Gasteiger partial charge in [-0.25, -0.2) is 0 Å². The zero-order valence-electron chi connectivity index (χ0n) is 12.4. The van der Waals surface area contributed by atoms with Crippen LogP contribution in [0.3, 0.4) is 0 Å². The van der Waals surface area contributed by atoms with Crippen molar-refractivity contribution in [2.45, 2.75) is 22.8 Å². The molecule has 0 amide bonds. The molecule has 0 N–H and O–H groups in total. The van der Waals surface area contributed by atoms with Crippen molar-refractivity contribution in [3.8, 4) is 0 Å². The SMILES string of the molecule is c1ccc([Se]C[C@@H]2COC[C@@H](C[Se]c3ccccc3)O2)cc1. The number of ether oxygens (including phenoxy) is 2. The summed E-state index contributed by atoms with van der Waals surface area (Å²) in [4.78, 5) is 0. The number of hydrogen-bond acceptors (Lipinski definition) is 2. The van der Waals surface area contributed by atoms with Gasteiger partial charge in [0.25, 0.3) is 0 Å². The monoisotopic (exact) mass is 428 g/mol. The summed E-state index contributed by atoms with van der Waals surface area (Å²) < 4.78 is 14.9. The standard InChI is InChI=1S/C18H20O2Se2/c1-3-7-17(8-4-1)21-13-15-11-19-12-16(20-15)14-22-18-9-5-2-6-10-18/h1-10,15-16H,11-14H2/t15-,16-/m0/s1. The Hall–Kier alpha value is -0.601. The Labute approximate surface area is 144 Å². The topological polar surface area (TPSA) is 18.5 Å². The van der Waals surface area contributed by atoms with Crippen molar-refractivity contribution in [1.82, 2.24) is 0 Å². The first-order valence-electron chi connectivity index (χ1n) is 7.49. The molecule has 2 atom stereocenters. The van der Waals surface area contributed by atoms with Gasteiger partial charge in [-0.1, -0.05) is 0 Å². The van der Waals surface area contributed by atoms with E-state index < -0.39 is 0 Å². The van der Waals surface area contributed by atoms with Gasteiger partial charge in [0.1, 0.15) is 0 Å². The maximum absolute atomic E-state index is 6.24. The summed E-state index contributed by atoms with van der Waals surface area (Å²) in [6, 6.07) is 21.4. The number of hydrogen-bond donors (Lipinski definition) is 0. The van der Waals surface area contributed by atoms with Crippen LogP contribution in [-0.4, -0.2) is 55.3 Å². The van der Waals surface area contributed by atoms with Crippen LogP contribution in [-0.2, 0) is 9.47 Å². The molecule has 0 saturated carbocycles. The molecule has 0 spiro atoms. The van der Waals surface area contributed by atoms with Crippen molar-refractivity contribution < 1.29 is 9.47 Å². The summed E-state index contributed by atoms with van der Waals surface area (Å²) in [5.41, 5.74) is 0. The van der Waals surface area contributed by atoms with Crippen LogP contribution in [0.5, 0.6) is 0 Å². The van der Waals surface area contributed by atoms with E-state index in [0.29, 0.717) is 29.9 Å². The van der Waals surface area contributed by atoms with Crippen molar-refractivity contribution in [2.75, 3.05) is 13.2 Å². The van der Waals surface area contributed by atoms with E-state index in [1.54, 1.807) is 0 Å². The van der Waals surface area contributed by atoms with Gasteiger partial charge in [-0.05, 0) is 0 Å². The zero-order chi connectivity index (χ0) is 15.0. The van der Waals surface area contributed by atoms with Crippen molar-refractivity contribution in [2.24, 2.45) is 0 Å². The molecule has 0 aliphatic carbocycles. The molecule has 1 aliphatic rings. The summed E-state index contributed by atoms with van der Waals surface area (Å²) in [5.74, 6) is 0. The van der Waals surface area contributed by atoms with Crippen LogP contribution >= 0.6 is 0 Å². The van der Waals surface area contributed by atoms with Crippen molar-refractivity contribution in [3.05, 3.63) is 60.7 Å². The van der Waals surface area contributed by atoms with Gasteiger partial charge in [0.2, 0.25) is 0 Å². The molecule has 116 valence electrons. The maximum atomic E-state index is 6.24. The van der Waals surface area contributed by atoms with Gasteiger partial charge in [-0.2, -0.15) is 0 Å². The predicted octanol–water partition coefficient (Wildman–Crippen LogP) is 1.67. The second-order valence-electron chi connectivity index (χ2n) is 5.17. The summed E-state index contributed by atoms with van der Waals surface area (Å²) in [6.45, 7) is 1.51. The molecule has 1 heterocycles. The first-order chi connectivity index (χ1) is 10.9. The molecule has 4 heteroatoms. The van der Waals surface area contributed by atoms with E-state index in [2.05, 4.69) is 60.7 Å². The molecule has 2 nitrogen and oxygen atoms in total. The van der Waals surface area contributed by atoms with Gasteiger partial charge in [0.15, 0.2) is 0 Å². The molecule has 1 saturated heterocycles. The van der Waals surface area contributed by atoms with Gasteiger partial charge in [0.05, 0.1) is 0 Å². The Morgan fingerprint density at radius 2 is 1.18 bits per heavy atom. The molecule has 2 aromatic rings. The van der Waals surface area contributed by atoms with E-state index in [1.165, 1.54) is 8.92 Å². The van der Waals surface area contributed by atoms with E-state index in [9.17, 15) is 0 Å². The molecular formula is C18H20O2Se2. The van der Waals surface area contributed by atoms with Gasteiger partial charge in [-0.15, -0.1) is 0 Å². The van der Waals surface area contributed by atoms with Crippen LogP contribution in [0.4, 0.5) is 0 Å². The molecular weight excluding hydrogens is 406 g/mol. The minimum absolute atomic E-state index is 0.269. The third-order valence-corrected chi connectivity index (χ3v) is 8.15. The molecule has 0 aromatic heterocycles. The normalized spacial score (nSPS) is 21.6. The number of rotatable bonds is 6. The molecule has 1 fully saturated rings. The molecule has 2 aromatic carbocycles. The van der Waals surface area contributed by atoms with E-state index in [1.807, 2.05) is 0 Å². The fraction of sp³-hybridized carbons (Fsp3) is 0.333. The van der Waals surface area contributed by atoms with Gasteiger partial charge >= 0.3 is 145 Å². The molecule has 0 unspecified atom stereocenters. The van der Waals surface area contributed by atoms with Gasteiger partial charge in [0, 0.05) is 0 Å². The second-order valence-corrected chi connectivity index (χ2v) is 9.75. The van der Waals surface area contributed by atoms with Crippen molar-refractivity contribution in [1.29, 1.82) is 0 Å². The summed E-state index contributed by atoms with van der Waals surface area (Å²) >= 11 is 0.948. The van der Waals surface area contributed by atoms with Gasteiger partial charge < -0.3 is 0 Å². The van der Waals surface area contributed by atoms with Crippen molar-refractivity contribution in [3.63, 3.8) is 0 Å². The fourth-order valence-electron chi connectivity index (χ4n) is 2.27. The zero-order valence-corrected chi connectivity index (χ0v) is 15.8. The van der Waals surface area contributed by atoms with Crippen LogP contribution in [0.1, 0.15) is 0 Å². The molecule has 22 heavy (non-hydrogen) atoms. The quantitative estimate of drug-likeness (QED) is 0.655. The summed E-state index contributed by atoms with van der Waals surface area (Å²) in [7, 11) is 0. The van der Waals surface area contributed by atoms with Crippen molar-refractivity contribution >= 4 is 38.8 Å². The van der Waals surface area contributed by atoms with Crippen LogP contribution in [0.15, 0.2) is 60.7 Å². The third kappa shape index (κ3) is 5.24. The van der Waals surface area contributed by atoms with Gasteiger partial charge in [-0.3, -0.25) is 0 Å². The Bertz CT molecular complexity index is 498. The fourth-order valence-corrected chi connectivity index (χ4v) is 6.06. The second kappa shape index (κ2) is 8.88. The number of benzene rings is 2. The average molecular weight is 426 g/mol. The average Bonchev–Trinajstić information content (AvgIpc) is 2.60. The van der Waals surface area contributed by atoms with Crippen LogP contribution in [0.25, 0.3) is 0 Å². The summed E-state index contributed by atoms with van der Waals surface area (Å²) in [6.07, 6.45) is 0.538. The van der Waals surface area contributed by atoms with Crippen LogP contribution in [0.2, 0.25) is 10.6 Å². The van der Waals surface area contributed by atoms with E-state index in [4.69, 9.17) is 9.47 Å². The predicted molar refractivity (Wildman–Crippen MR) is 92.8 cm³/mol. The Kier molecular flexibility index (Phi) is 6.57. The first-order valence-corrected chi connectivity index (χ1v) is 11.6. The Balaban J connectivity index is 1.43. The third-order valence-electron chi connectivity index (χ3n) is 3.35. The Morgan fingerprint density at radius 3 is 1.64 bits per heavy atom. The molecule has 1 aliphatic heterocycles.